The van der Waals surface area contributed by atoms with Crippen LogP contribution in [0.2, 0.25) is 0 Å². The molecular formula is C12H23NO11. The number of hydrogen-bond donors (Lipinski definition) is 9. The number of primary amides is 1. The van der Waals surface area contributed by atoms with Gasteiger partial charge in [-0.25, -0.2) is 0 Å². The number of ether oxygens (including phenoxy) is 2. The zero-order chi connectivity index (χ0) is 18.6. The summed E-state index contributed by atoms with van der Waals surface area (Å²) < 4.78 is 9.95. The Morgan fingerprint density at radius 3 is 2.08 bits per heavy atom. The summed E-state index contributed by atoms with van der Waals surface area (Å²) in [4.78, 5) is 11.4. The minimum absolute atomic E-state index is 0.750. The Labute approximate surface area is 136 Å². The second-order valence-corrected chi connectivity index (χ2v) is 5.39. The highest BCUT2D eigenvalue weighted by atomic mass is 16.7. The maximum absolute atomic E-state index is 11.4. The maximum atomic E-state index is 11.4. The number of carbonyl (C=O) groups excluding carboxylic acids is 1. The van der Waals surface area contributed by atoms with E-state index in [9.17, 15) is 35.4 Å². The molecule has 0 aromatic rings. The molecule has 0 spiro atoms. The Morgan fingerprint density at radius 1 is 1.04 bits per heavy atom. The van der Waals surface area contributed by atoms with Gasteiger partial charge < -0.3 is 56.1 Å². The summed E-state index contributed by atoms with van der Waals surface area (Å²) in [5.74, 6) is -1.30. The highest BCUT2D eigenvalue weighted by Gasteiger charge is 2.47. The minimum atomic E-state index is -2.10. The fourth-order valence-corrected chi connectivity index (χ4v) is 2.15. The predicted molar refractivity (Wildman–Crippen MR) is 72.9 cm³/mol. The smallest absolute Gasteiger partial charge is 0.249 e. The molecule has 0 unspecified atom stereocenters. The molecule has 1 fully saturated rings. The zero-order valence-corrected chi connectivity index (χ0v) is 12.5. The van der Waals surface area contributed by atoms with Crippen molar-refractivity contribution < 1.29 is 55.1 Å². The molecule has 1 amide bonds. The van der Waals surface area contributed by atoms with Gasteiger partial charge in [-0.1, -0.05) is 0 Å². The van der Waals surface area contributed by atoms with Crippen LogP contribution < -0.4 is 5.73 Å². The molecule has 0 aliphatic carbocycles. The van der Waals surface area contributed by atoms with Gasteiger partial charge in [0.05, 0.1) is 13.2 Å². The van der Waals surface area contributed by atoms with Crippen molar-refractivity contribution in [3.8, 4) is 0 Å². The molecule has 12 nitrogen and oxygen atoms in total. The van der Waals surface area contributed by atoms with Gasteiger partial charge in [-0.3, -0.25) is 4.79 Å². The van der Waals surface area contributed by atoms with E-state index in [1.54, 1.807) is 0 Å². The molecule has 1 heterocycles. The lowest BCUT2D eigenvalue weighted by molar-refractivity contribution is -0.316. The van der Waals surface area contributed by atoms with E-state index in [4.69, 9.17) is 25.4 Å². The summed E-state index contributed by atoms with van der Waals surface area (Å²) >= 11 is 0. The number of aliphatic hydroxyl groups is 8. The number of rotatable bonds is 8. The van der Waals surface area contributed by atoms with Gasteiger partial charge in [0.25, 0.3) is 0 Å². The van der Waals surface area contributed by atoms with Crippen molar-refractivity contribution in [2.45, 2.75) is 55.1 Å². The van der Waals surface area contributed by atoms with E-state index in [2.05, 4.69) is 0 Å². The van der Waals surface area contributed by atoms with E-state index in [0.29, 0.717) is 0 Å². The van der Waals surface area contributed by atoms with Gasteiger partial charge in [-0.05, 0) is 0 Å². The zero-order valence-electron chi connectivity index (χ0n) is 12.5. The SMILES string of the molecule is NC(=O)[C@H](O[C@H]1O[C@H](CO)[C@@H](O)[C@H](O)[C@H]1O)[C@@H](O)[C@H](O)[C@H](O)CO. The van der Waals surface area contributed by atoms with Crippen LogP contribution in [0.1, 0.15) is 0 Å². The third-order valence-corrected chi connectivity index (χ3v) is 3.65. The lowest BCUT2D eigenvalue weighted by Gasteiger charge is -2.41. The molecular weight excluding hydrogens is 334 g/mol. The van der Waals surface area contributed by atoms with E-state index in [1.165, 1.54) is 0 Å². The molecule has 0 aromatic carbocycles. The van der Waals surface area contributed by atoms with Gasteiger partial charge in [0, 0.05) is 0 Å². The number of hydrogen-bond acceptors (Lipinski definition) is 11. The topological polar surface area (TPSA) is 223 Å². The normalized spacial score (nSPS) is 35.9. The van der Waals surface area contributed by atoms with Crippen LogP contribution in [0.25, 0.3) is 0 Å². The van der Waals surface area contributed by atoms with Crippen LogP contribution in [0.5, 0.6) is 0 Å². The van der Waals surface area contributed by atoms with Crippen molar-refractivity contribution in [1.82, 2.24) is 0 Å². The van der Waals surface area contributed by atoms with Gasteiger partial charge >= 0.3 is 0 Å². The third-order valence-electron chi connectivity index (χ3n) is 3.65. The second-order valence-electron chi connectivity index (χ2n) is 5.39. The molecule has 0 bridgehead atoms. The molecule has 9 atom stereocenters. The monoisotopic (exact) mass is 357 g/mol. The Morgan fingerprint density at radius 2 is 1.62 bits per heavy atom. The van der Waals surface area contributed by atoms with Crippen molar-refractivity contribution in [3.63, 3.8) is 0 Å². The average Bonchev–Trinajstić information content (AvgIpc) is 2.56. The standard InChI is InChI=1S/C12H23NO11/c13-11(22)10(8(20)5(17)3(16)1-14)24-12-9(21)7(19)6(18)4(2-15)23-12/h3-10,12,14-21H,1-2H2,(H2,13,22)/t3-,4-,5-,6-,7+,8+,9-,10-,12-/m1/s1. The van der Waals surface area contributed by atoms with Crippen LogP contribution in [0.3, 0.4) is 0 Å². The first-order valence-corrected chi connectivity index (χ1v) is 7.06. The second kappa shape index (κ2) is 8.96. The summed E-state index contributed by atoms with van der Waals surface area (Å²) in [6, 6.07) is 0. The number of carbonyl (C=O) groups is 1. The van der Waals surface area contributed by atoms with Crippen molar-refractivity contribution in [2.24, 2.45) is 5.73 Å². The third kappa shape index (κ3) is 4.58. The fourth-order valence-electron chi connectivity index (χ4n) is 2.15. The average molecular weight is 357 g/mol. The summed E-state index contributed by atoms with van der Waals surface area (Å²) in [5, 5.41) is 75.6. The van der Waals surface area contributed by atoms with Crippen LogP contribution in [-0.2, 0) is 14.3 Å². The van der Waals surface area contributed by atoms with Crippen LogP contribution in [0.4, 0.5) is 0 Å². The van der Waals surface area contributed by atoms with Gasteiger partial charge in [0.1, 0.15) is 42.7 Å². The summed E-state index contributed by atoms with van der Waals surface area (Å²) in [7, 11) is 0. The molecule has 1 aliphatic rings. The van der Waals surface area contributed by atoms with Crippen molar-refractivity contribution in [1.29, 1.82) is 0 Å². The van der Waals surface area contributed by atoms with Crippen LogP contribution >= 0.6 is 0 Å². The molecule has 0 radical (unpaired) electrons. The van der Waals surface area contributed by atoms with E-state index in [-0.39, 0.29) is 0 Å². The lowest BCUT2D eigenvalue weighted by atomic mass is 9.98. The first kappa shape index (κ1) is 21.1. The van der Waals surface area contributed by atoms with Gasteiger partial charge in [0.2, 0.25) is 5.91 Å². The van der Waals surface area contributed by atoms with E-state index in [1.807, 2.05) is 0 Å². The van der Waals surface area contributed by atoms with E-state index >= 15 is 0 Å². The number of aliphatic hydroxyl groups excluding tert-OH is 8. The maximum Gasteiger partial charge on any atom is 0.249 e. The fraction of sp³-hybridized carbons (Fsp3) is 0.917. The quantitative estimate of drug-likeness (QED) is 0.198. The first-order valence-electron chi connectivity index (χ1n) is 7.06. The molecule has 1 aliphatic heterocycles. The van der Waals surface area contributed by atoms with Crippen molar-refractivity contribution in [2.75, 3.05) is 13.2 Å². The summed E-state index contributed by atoms with van der Waals surface area (Å²) in [6.07, 6.45) is -16.4. The van der Waals surface area contributed by atoms with Crippen LogP contribution in [-0.4, -0.2) is 115 Å². The van der Waals surface area contributed by atoms with Gasteiger partial charge in [-0.2, -0.15) is 0 Å². The van der Waals surface area contributed by atoms with Gasteiger partial charge in [-0.15, -0.1) is 0 Å². The molecule has 10 N–H and O–H groups in total. The largest absolute Gasteiger partial charge is 0.394 e. The van der Waals surface area contributed by atoms with E-state index in [0.717, 1.165) is 0 Å². The predicted octanol–water partition coefficient (Wildman–Crippen LogP) is -6.27. The van der Waals surface area contributed by atoms with Crippen molar-refractivity contribution >= 4 is 5.91 Å². The number of amides is 1. The summed E-state index contributed by atoms with van der Waals surface area (Å²) in [6.45, 7) is -1.68. The summed E-state index contributed by atoms with van der Waals surface area (Å²) in [5.41, 5.74) is 5.03. The van der Waals surface area contributed by atoms with Crippen molar-refractivity contribution in [3.05, 3.63) is 0 Å². The Hall–Kier alpha value is -0.930. The van der Waals surface area contributed by atoms with Crippen LogP contribution in [0, 0.1) is 0 Å². The Balaban J connectivity index is 2.89. The van der Waals surface area contributed by atoms with Gasteiger partial charge in [0.15, 0.2) is 12.4 Å². The lowest BCUT2D eigenvalue weighted by Crippen LogP contribution is -2.62. The highest BCUT2D eigenvalue weighted by Crippen LogP contribution is 2.24. The molecule has 0 saturated carbocycles. The molecule has 0 aromatic heterocycles. The first-order chi connectivity index (χ1) is 11.1. The molecule has 12 heteroatoms. The molecule has 1 rings (SSSR count). The Kier molecular flexibility index (Phi) is 7.88. The Bertz CT molecular complexity index is 408. The number of nitrogens with two attached hydrogens (primary N) is 1. The van der Waals surface area contributed by atoms with E-state index < -0.39 is 74.2 Å². The molecule has 24 heavy (non-hydrogen) atoms. The minimum Gasteiger partial charge on any atom is -0.394 e. The van der Waals surface area contributed by atoms with Crippen LogP contribution in [0.15, 0.2) is 0 Å². The molecule has 142 valence electrons. The molecule has 1 saturated heterocycles. The highest BCUT2D eigenvalue weighted by molar-refractivity contribution is 5.79.